The Hall–Kier alpha value is -0.830. The molecule has 24 heavy (non-hydrogen) atoms. The molecule has 138 valence electrons. The maximum absolute atomic E-state index is 10.4. The van der Waals surface area contributed by atoms with Gasteiger partial charge in [-0.2, -0.15) is 0 Å². The van der Waals surface area contributed by atoms with Crippen LogP contribution in [-0.4, -0.2) is 34.7 Å². The zero-order valence-corrected chi connectivity index (χ0v) is 17.5. The average Bonchev–Trinajstić information content (AvgIpc) is 3.11. The molecule has 0 radical (unpaired) electrons. The highest BCUT2D eigenvalue weighted by molar-refractivity contribution is 14.0. The first kappa shape index (κ1) is 21.2. The largest absolute Gasteiger partial charge is 0.443 e. The number of nitrogens with one attached hydrogen (secondary N) is 2. The van der Waals surface area contributed by atoms with Crippen LogP contribution in [0.4, 0.5) is 0 Å². The number of hydrogen-bond acceptors (Lipinski definition) is 4. The molecule has 1 saturated carbocycles. The molecular weight excluding hydrogens is 419 g/mol. The summed E-state index contributed by atoms with van der Waals surface area (Å²) in [6, 6.07) is 0. The van der Waals surface area contributed by atoms with Crippen LogP contribution in [0.2, 0.25) is 0 Å². The van der Waals surface area contributed by atoms with Gasteiger partial charge in [0.1, 0.15) is 12.3 Å². The fourth-order valence-electron chi connectivity index (χ4n) is 2.68. The fraction of sp³-hybridized carbons (Fsp3) is 0.765. The lowest BCUT2D eigenvalue weighted by Gasteiger charge is -2.23. The maximum Gasteiger partial charge on any atom is 0.216 e. The van der Waals surface area contributed by atoms with Crippen LogP contribution in [0.15, 0.2) is 15.6 Å². The van der Waals surface area contributed by atoms with Crippen LogP contribution in [0.1, 0.15) is 65.0 Å². The minimum atomic E-state index is -0.599. The number of guanidine groups is 1. The third-order valence-electron chi connectivity index (χ3n) is 4.13. The third-order valence-corrected chi connectivity index (χ3v) is 4.13. The Morgan fingerprint density at radius 1 is 1.33 bits per heavy atom. The fourth-order valence-corrected chi connectivity index (χ4v) is 2.68. The van der Waals surface area contributed by atoms with Gasteiger partial charge in [-0.25, -0.2) is 9.98 Å². The van der Waals surface area contributed by atoms with Gasteiger partial charge in [0.2, 0.25) is 5.89 Å². The number of halogens is 1. The molecule has 0 unspecified atom stereocenters. The summed E-state index contributed by atoms with van der Waals surface area (Å²) >= 11 is 0. The van der Waals surface area contributed by atoms with Crippen molar-refractivity contribution in [3.05, 3.63) is 17.8 Å². The molecule has 0 amide bonds. The summed E-state index contributed by atoms with van der Waals surface area (Å²) in [5.41, 5.74) is -0.651. The molecule has 0 spiro atoms. The molecule has 1 aliphatic carbocycles. The molecular formula is C17H31IN4O2. The number of aromatic nitrogens is 1. The first-order chi connectivity index (χ1) is 10.8. The molecule has 0 bridgehead atoms. The minimum absolute atomic E-state index is 0. The molecule has 0 saturated heterocycles. The second-order valence-corrected chi connectivity index (χ2v) is 7.35. The summed E-state index contributed by atoms with van der Waals surface area (Å²) < 4.78 is 5.75. The molecule has 0 aromatic carbocycles. The van der Waals surface area contributed by atoms with Crippen molar-refractivity contribution in [1.82, 2.24) is 15.6 Å². The monoisotopic (exact) mass is 450 g/mol. The normalized spacial score (nSPS) is 17.5. The van der Waals surface area contributed by atoms with Crippen molar-refractivity contribution in [2.24, 2.45) is 4.99 Å². The van der Waals surface area contributed by atoms with E-state index in [1.165, 1.54) is 0 Å². The molecule has 0 atom stereocenters. The summed E-state index contributed by atoms with van der Waals surface area (Å²) in [4.78, 5) is 8.79. The topological polar surface area (TPSA) is 82.7 Å². The number of aliphatic imine (C=N–C) groups is 1. The lowest BCUT2D eigenvalue weighted by Crippen LogP contribution is -2.46. The molecule has 1 aromatic rings. The second-order valence-electron chi connectivity index (χ2n) is 7.35. The number of rotatable bonds is 5. The van der Waals surface area contributed by atoms with E-state index in [2.05, 4.69) is 41.4 Å². The summed E-state index contributed by atoms with van der Waals surface area (Å²) in [5.74, 6) is 2.15. The van der Waals surface area contributed by atoms with Crippen molar-refractivity contribution in [1.29, 1.82) is 0 Å². The number of nitrogens with zero attached hydrogens (tertiary/aromatic N) is 2. The molecule has 6 nitrogen and oxygen atoms in total. The summed E-state index contributed by atoms with van der Waals surface area (Å²) in [6.45, 7) is 9.96. The predicted molar refractivity (Wildman–Crippen MR) is 107 cm³/mol. The lowest BCUT2D eigenvalue weighted by molar-refractivity contribution is 0.0522. The highest BCUT2D eigenvalue weighted by atomic mass is 127. The molecule has 2 rings (SSSR count). The Kier molecular flexibility index (Phi) is 7.98. The van der Waals surface area contributed by atoms with Crippen LogP contribution < -0.4 is 10.6 Å². The van der Waals surface area contributed by atoms with E-state index >= 15 is 0 Å². The molecule has 0 aliphatic heterocycles. The smallest absolute Gasteiger partial charge is 0.216 e. The van der Waals surface area contributed by atoms with Gasteiger partial charge in [0, 0.05) is 18.5 Å². The van der Waals surface area contributed by atoms with Crippen molar-refractivity contribution in [2.45, 2.75) is 70.9 Å². The SMILES string of the molecule is CCNC(=NCc1ncc(C(C)(C)C)o1)NCC1(O)CCCC1.I. The predicted octanol–water partition coefficient (Wildman–Crippen LogP) is 2.95. The van der Waals surface area contributed by atoms with Gasteiger partial charge < -0.3 is 20.2 Å². The minimum Gasteiger partial charge on any atom is -0.443 e. The van der Waals surface area contributed by atoms with Gasteiger partial charge in [-0.1, -0.05) is 33.6 Å². The van der Waals surface area contributed by atoms with E-state index in [4.69, 9.17) is 4.42 Å². The Bertz CT molecular complexity index is 531. The Morgan fingerprint density at radius 3 is 2.54 bits per heavy atom. The van der Waals surface area contributed by atoms with Gasteiger partial charge in [0.25, 0.3) is 0 Å². The quantitative estimate of drug-likeness (QED) is 0.365. The van der Waals surface area contributed by atoms with Crippen molar-refractivity contribution in [3.8, 4) is 0 Å². The van der Waals surface area contributed by atoms with Crippen LogP contribution >= 0.6 is 24.0 Å². The molecule has 1 aliphatic rings. The van der Waals surface area contributed by atoms with E-state index in [-0.39, 0.29) is 29.4 Å². The number of oxazole rings is 1. The first-order valence-electron chi connectivity index (χ1n) is 8.52. The van der Waals surface area contributed by atoms with E-state index in [0.29, 0.717) is 24.9 Å². The van der Waals surface area contributed by atoms with E-state index in [1.54, 1.807) is 6.20 Å². The van der Waals surface area contributed by atoms with Crippen LogP contribution in [0.25, 0.3) is 0 Å². The number of aliphatic hydroxyl groups is 1. The van der Waals surface area contributed by atoms with Crippen molar-refractivity contribution in [3.63, 3.8) is 0 Å². The summed E-state index contributed by atoms with van der Waals surface area (Å²) in [6.07, 6.45) is 5.67. The highest BCUT2D eigenvalue weighted by Gasteiger charge is 2.31. The van der Waals surface area contributed by atoms with Gasteiger partial charge in [-0.05, 0) is 19.8 Å². The maximum atomic E-state index is 10.4. The Morgan fingerprint density at radius 2 is 2.00 bits per heavy atom. The second kappa shape index (κ2) is 9.03. The first-order valence-corrected chi connectivity index (χ1v) is 8.52. The van der Waals surface area contributed by atoms with Gasteiger partial charge in [-0.3, -0.25) is 0 Å². The number of hydrogen-bond donors (Lipinski definition) is 3. The Balaban J connectivity index is 0.00000288. The van der Waals surface area contributed by atoms with Crippen molar-refractivity contribution < 1.29 is 9.52 Å². The van der Waals surface area contributed by atoms with Crippen LogP contribution in [-0.2, 0) is 12.0 Å². The van der Waals surface area contributed by atoms with Crippen LogP contribution in [0, 0.1) is 0 Å². The average molecular weight is 450 g/mol. The van der Waals surface area contributed by atoms with Crippen LogP contribution in [0.5, 0.6) is 0 Å². The van der Waals surface area contributed by atoms with Crippen LogP contribution in [0.3, 0.4) is 0 Å². The van der Waals surface area contributed by atoms with E-state index in [9.17, 15) is 5.11 Å². The van der Waals surface area contributed by atoms with Crippen molar-refractivity contribution in [2.75, 3.05) is 13.1 Å². The lowest BCUT2D eigenvalue weighted by atomic mass is 9.94. The third kappa shape index (κ3) is 6.23. The molecule has 3 N–H and O–H groups in total. The molecule has 1 heterocycles. The van der Waals surface area contributed by atoms with Crippen molar-refractivity contribution >= 4 is 29.9 Å². The van der Waals surface area contributed by atoms with E-state index in [0.717, 1.165) is 38.0 Å². The molecule has 7 heteroatoms. The zero-order chi connectivity index (χ0) is 16.9. The molecule has 1 fully saturated rings. The Labute approximate surface area is 161 Å². The van der Waals surface area contributed by atoms with Gasteiger partial charge in [-0.15, -0.1) is 24.0 Å². The van der Waals surface area contributed by atoms with E-state index in [1.807, 2.05) is 6.92 Å². The van der Waals surface area contributed by atoms with E-state index < -0.39 is 5.60 Å². The summed E-state index contributed by atoms with van der Waals surface area (Å²) in [5, 5.41) is 16.8. The van der Waals surface area contributed by atoms with Gasteiger partial charge in [0.05, 0.1) is 11.8 Å². The summed E-state index contributed by atoms with van der Waals surface area (Å²) in [7, 11) is 0. The zero-order valence-electron chi connectivity index (χ0n) is 15.2. The van der Waals surface area contributed by atoms with Gasteiger partial charge >= 0.3 is 0 Å². The highest BCUT2D eigenvalue weighted by Crippen LogP contribution is 2.28. The molecule has 1 aromatic heterocycles. The standard InChI is InChI=1S/C17H30N4O2.HI/c1-5-18-15(21-12-17(22)8-6-7-9-17)20-11-14-19-10-13(23-14)16(2,3)4;/h10,22H,5-9,11-12H2,1-4H3,(H2,18,20,21);1H. The van der Waals surface area contributed by atoms with Gasteiger partial charge in [0.15, 0.2) is 5.96 Å².